The first-order chi connectivity index (χ1) is 8.74. The number of ether oxygens (including phenoxy) is 1. The summed E-state index contributed by atoms with van der Waals surface area (Å²) >= 11 is 0. The Balaban J connectivity index is 2.23. The van der Waals surface area contributed by atoms with Crippen LogP contribution in [0.5, 0.6) is 0 Å². The lowest BCUT2D eigenvalue weighted by Crippen LogP contribution is -2.32. The molecule has 0 fully saturated rings. The maximum absolute atomic E-state index is 9.46. The zero-order chi connectivity index (χ0) is 12.6. The zero-order valence-electron chi connectivity index (χ0n) is 10.5. The maximum Gasteiger partial charge on any atom is 0.161 e. The van der Waals surface area contributed by atoms with Gasteiger partial charge in [0.1, 0.15) is 0 Å². The molecule has 94 valence electrons. The van der Waals surface area contributed by atoms with Gasteiger partial charge in [0.2, 0.25) is 0 Å². The molecule has 1 aromatic heterocycles. The summed E-state index contributed by atoms with van der Waals surface area (Å²) in [4.78, 5) is 0. The van der Waals surface area contributed by atoms with Crippen LogP contribution in [0.2, 0.25) is 0 Å². The highest BCUT2D eigenvalue weighted by molar-refractivity contribution is 5.84. The molecule has 1 atom stereocenters. The van der Waals surface area contributed by atoms with Crippen molar-refractivity contribution >= 4 is 10.9 Å². The molecule has 0 bridgehead atoms. The zero-order valence-corrected chi connectivity index (χ0v) is 10.5. The second-order valence-electron chi connectivity index (χ2n) is 4.79. The first-order valence-corrected chi connectivity index (χ1v) is 6.26. The van der Waals surface area contributed by atoms with Gasteiger partial charge < -0.3 is 14.4 Å². The average molecular weight is 243 g/mol. The first-order valence-electron chi connectivity index (χ1n) is 6.26. The number of aromatic nitrogens is 1. The molecule has 2 heterocycles. The second-order valence-corrected chi connectivity index (χ2v) is 4.79. The van der Waals surface area contributed by atoms with E-state index in [0.29, 0.717) is 0 Å². The molecule has 1 aromatic carbocycles. The molecule has 0 saturated carbocycles. The van der Waals surface area contributed by atoms with Crippen LogP contribution in [0.1, 0.15) is 18.9 Å². The Hall–Kier alpha value is -1.58. The van der Waals surface area contributed by atoms with Gasteiger partial charge in [0, 0.05) is 17.1 Å². The van der Waals surface area contributed by atoms with Crippen LogP contribution >= 0.6 is 0 Å². The highest BCUT2D eigenvalue weighted by atomic mass is 16.5. The number of aliphatic hydroxyl groups excluding tert-OH is 1. The van der Waals surface area contributed by atoms with E-state index in [-0.39, 0.29) is 6.61 Å². The van der Waals surface area contributed by atoms with Crippen molar-refractivity contribution in [2.45, 2.75) is 25.7 Å². The van der Waals surface area contributed by atoms with E-state index in [1.807, 2.05) is 24.4 Å². The van der Waals surface area contributed by atoms with E-state index >= 15 is 0 Å². The Morgan fingerprint density at radius 2 is 2.22 bits per heavy atom. The molecule has 3 nitrogen and oxygen atoms in total. The van der Waals surface area contributed by atoms with Crippen molar-refractivity contribution in [3.63, 3.8) is 0 Å². The van der Waals surface area contributed by atoms with Gasteiger partial charge in [-0.05, 0) is 25.5 Å². The summed E-state index contributed by atoms with van der Waals surface area (Å²) in [6, 6.07) is 8.10. The number of para-hydroxylation sites is 1. The summed E-state index contributed by atoms with van der Waals surface area (Å²) in [7, 11) is 0. The van der Waals surface area contributed by atoms with Gasteiger partial charge >= 0.3 is 0 Å². The molecule has 1 aliphatic heterocycles. The number of hydrogen-bond acceptors (Lipinski definition) is 2. The van der Waals surface area contributed by atoms with Crippen LogP contribution in [0.15, 0.2) is 42.6 Å². The summed E-state index contributed by atoms with van der Waals surface area (Å²) in [5.74, 6) is 0. The van der Waals surface area contributed by atoms with E-state index in [2.05, 4.69) is 29.7 Å². The summed E-state index contributed by atoms with van der Waals surface area (Å²) < 4.78 is 8.01. The quantitative estimate of drug-likeness (QED) is 0.823. The van der Waals surface area contributed by atoms with Crippen molar-refractivity contribution in [3.8, 4) is 0 Å². The van der Waals surface area contributed by atoms with Crippen molar-refractivity contribution in [1.29, 1.82) is 0 Å². The van der Waals surface area contributed by atoms with Crippen LogP contribution in [-0.4, -0.2) is 16.3 Å². The van der Waals surface area contributed by atoms with Crippen molar-refractivity contribution in [1.82, 2.24) is 4.57 Å². The fourth-order valence-corrected chi connectivity index (χ4v) is 2.58. The summed E-state index contributed by atoms with van der Waals surface area (Å²) in [5, 5.41) is 10.5. The standard InChI is InChI=1S/C15H17NO2/c1-15(8-4-5-9-18-15)16-10-12(11-17)13-6-2-3-7-14(13)16/h2-4,6-8,10,17H,5,9,11H2,1H3/t15-/m0/s1. The lowest BCUT2D eigenvalue weighted by atomic mass is 10.1. The third kappa shape index (κ3) is 1.67. The van der Waals surface area contributed by atoms with E-state index in [0.717, 1.165) is 29.5 Å². The predicted molar refractivity (Wildman–Crippen MR) is 71.2 cm³/mol. The van der Waals surface area contributed by atoms with Gasteiger partial charge in [0.05, 0.1) is 18.7 Å². The lowest BCUT2D eigenvalue weighted by molar-refractivity contribution is -0.0558. The molecule has 1 aliphatic rings. The minimum Gasteiger partial charge on any atom is -0.392 e. The number of aliphatic hydroxyl groups is 1. The largest absolute Gasteiger partial charge is 0.392 e. The summed E-state index contributed by atoms with van der Waals surface area (Å²) in [6.45, 7) is 2.83. The molecule has 0 amide bonds. The minimum absolute atomic E-state index is 0.0489. The number of nitrogens with zero attached hydrogens (tertiary/aromatic N) is 1. The van der Waals surface area contributed by atoms with Gasteiger partial charge in [-0.2, -0.15) is 0 Å². The normalized spacial score (nSPS) is 23.7. The predicted octanol–water partition coefficient (Wildman–Crippen LogP) is 2.78. The van der Waals surface area contributed by atoms with Crippen LogP contribution in [0, 0.1) is 0 Å². The van der Waals surface area contributed by atoms with E-state index in [9.17, 15) is 5.11 Å². The second kappa shape index (κ2) is 4.26. The van der Waals surface area contributed by atoms with Crippen molar-refractivity contribution in [3.05, 3.63) is 48.2 Å². The molecule has 0 radical (unpaired) electrons. The van der Waals surface area contributed by atoms with Crippen molar-refractivity contribution < 1.29 is 9.84 Å². The number of fused-ring (bicyclic) bond motifs is 1. The summed E-state index contributed by atoms with van der Waals surface area (Å²) in [6.07, 6.45) is 7.18. The van der Waals surface area contributed by atoms with Gasteiger partial charge in [-0.3, -0.25) is 0 Å². The molecule has 2 aromatic rings. The fourth-order valence-electron chi connectivity index (χ4n) is 2.58. The van der Waals surface area contributed by atoms with Gasteiger partial charge in [0.15, 0.2) is 5.72 Å². The smallest absolute Gasteiger partial charge is 0.161 e. The molecular formula is C15H17NO2. The van der Waals surface area contributed by atoms with Gasteiger partial charge in [-0.1, -0.05) is 24.3 Å². The molecule has 0 saturated heterocycles. The third-order valence-electron chi connectivity index (χ3n) is 3.55. The molecule has 18 heavy (non-hydrogen) atoms. The van der Waals surface area contributed by atoms with E-state index in [4.69, 9.17) is 4.74 Å². The molecule has 0 spiro atoms. The Labute approximate surface area is 106 Å². The highest BCUT2D eigenvalue weighted by Gasteiger charge is 2.27. The SMILES string of the molecule is C[C@@]1(n2cc(CO)c3ccccc32)C=CCCO1. The Bertz CT molecular complexity index is 600. The topological polar surface area (TPSA) is 34.4 Å². The van der Waals surface area contributed by atoms with Gasteiger partial charge in [-0.15, -0.1) is 0 Å². The van der Waals surface area contributed by atoms with Crippen LogP contribution in [0.25, 0.3) is 10.9 Å². The van der Waals surface area contributed by atoms with Crippen LogP contribution in [-0.2, 0) is 17.1 Å². The molecule has 3 rings (SSSR count). The maximum atomic E-state index is 9.46. The van der Waals surface area contributed by atoms with Crippen LogP contribution in [0.3, 0.4) is 0 Å². The van der Waals surface area contributed by atoms with Gasteiger partial charge in [-0.25, -0.2) is 0 Å². The van der Waals surface area contributed by atoms with E-state index < -0.39 is 5.72 Å². The molecule has 1 N–H and O–H groups in total. The van der Waals surface area contributed by atoms with E-state index in [1.165, 1.54) is 0 Å². The number of rotatable bonds is 2. The van der Waals surface area contributed by atoms with Crippen LogP contribution < -0.4 is 0 Å². The average Bonchev–Trinajstić information content (AvgIpc) is 2.79. The molecule has 0 unspecified atom stereocenters. The molecule has 0 aliphatic carbocycles. The minimum atomic E-state index is -0.453. The van der Waals surface area contributed by atoms with Crippen LogP contribution in [0.4, 0.5) is 0 Å². The monoisotopic (exact) mass is 243 g/mol. The highest BCUT2D eigenvalue weighted by Crippen LogP contribution is 2.31. The fraction of sp³-hybridized carbons (Fsp3) is 0.333. The third-order valence-corrected chi connectivity index (χ3v) is 3.55. The van der Waals surface area contributed by atoms with E-state index in [1.54, 1.807) is 0 Å². The number of hydrogen-bond donors (Lipinski definition) is 1. The summed E-state index contributed by atoms with van der Waals surface area (Å²) in [5.41, 5.74) is 1.58. The molecular weight excluding hydrogens is 226 g/mol. The van der Waals surface area contributed by atoms with Crippen molar-refractivity contribution in [2.75, 3.05) is 6.61 Å². The Morgan fingerprint density at radius 3 is 2.94 bits per heavy atom. The van der Waals surface area contributed by atoms with Gasteiger partial charge in [0.25, 0.3) is 0 Å². The number of benzene rings is 1. The Kier molecular flexibility index (Phi) is 2.73. The lowest BCUT2D eigenvalue weighted by Gasteiger charge is -2.32. The van der Waals surface area contributed by atoms with Crippen molar-refractivity contribution in [2.24, 2.45) is 0 Å². The Morgan fingerprint density at radius 1 is 1.39 bits per heavy atom. The first kappa shape index (κ1) is 11.5. The molecule has 3 heteroatoms.